The van der Waals surface area contributed by atoms with Crippen molar-refractivity contribution in [1.82, 2.24) is 0 Å². The quantitative estimate of drug-likeness (QED) is 0.850. The predicted octanol–water partition coefficient (Wildman–Crippen LogP) is 3.41. The van der Waals surface area contributed by atoms with E-state index in [9.17, 15) is 9.59 Å². The van der Waals surface area contributed by atoms with Gasteiger partial charge < -0.3 is 4.90 Å². The molecule has 1 aliphatic carbocycles. The van der Waals surface area contributed by atoms with E-state index >= 15 is 0 Å². The zero-order valence-electron chi connectivity index (χ0n) is 12.2. The van der Waals surface area contributed by atoms with Gasteiger partial charge in [-0.25, -0.2) is 0 Å². The highest BCUT2D eigenvalue weighted by atomic mass is 16.2. The zero-order valence-corrected chi connectivity index (χ0v) is 12.2. The van der Waals surface area contributed by atoms with Crippen LogP contribution in [0.3, 0.4) is 0 Å². The maximum atomic E-state index is 12.8. The second-order valence-electron chi connectivity index (χ2n) is 6.04. The Kier molecular flexibility index (Phi) is 3.07. The van der Waals surface area contributed by atoms with E-state index in [0.29, 0.717) is 24.4 Å². The van der Waals surface area contributed by atoms with Gasteiger partial charge in [0.15, 0.2) is 5.78 Å². The SMILES string of the molecule is O=C1CCN(C(=O)C2CC2c2ccccc2)c2ccccc21. The van der Waals surface area contributed by atoms with E-state index < -0.39 is 0 Å². The molecule has 1 amide bonds. The summed E-state index contributed by atoms with van der Waals surface area (Å²) in [6.07, 6.45) is 1.33. The number of nitrogens with zero attached hydrogens (tertiary/aromatic N) is 1. The number of carbonyl (C=O) groups is 2. The van der Waals surface area contributed by atoms with Gasteiger partial charge in [-0.2, -0.15) is 0 Å². The van der Waals surface area contributed by atoms with Crippen molar-refractivity contribution in [2.45, 2.75) is 18.8 Å². The number of hydrogen-bond acceptors (Lipinski definition) is 2. The van der Waals surface area contributed by atoms with E-state index in [1.807, 2.05) is 47.4 Å². The van der Waals surface area contributed by atoms with Crippen LogP contribution in [0.4, 0.5) is 5.69 Å². The Morgan fingerprint density at radius 3 is 2.55 bits per heavy atom. The van der Waals surface area contributed by atoms with Gasteiger partial charge in [0.1, 0.15) is 0 Å². The second-order valence-corrected chi connectivity index (χ2v) is 6.04. The fraction of sp³-hybridized carbons (Fsp3) is 0.263. The van der Waals surface area contributed by atoms with Crippen LogP contribution in [0.1, 0.15) is 34.7 Å². The third-order valence-corrected chi connectivity index (χ3v) is 4.66. The lowest BCUT2D eigenvalue weighted by Crippen LogP contribution is -2.38. The molecule has 0 bridgehead atoms. The molecule has 1 aliphatic heterocycles. The summed E-state index contributed by atoms with van der Waals surface area (Å²) in [4.78, 5) is 26.6. The molecule has 22 heavy (non-hydrogen) atoms. The molecule has 0 aromatic heterocycles. The first-order valence-corrected chi connectivity index (χ1v) is 7.74. The first-order chi connectivity index (χ1) is 10.8. The van der Waals surface area contributed by atoms with Gasteiger partial charge in [-0.3, -0.25) is 9.59 Å². The molecule has 1 fully saturated rings. The predicted molar refractivity (Wildman–Crippen MR) is 85.0 cm³/mol. The molecular formula is C19H17NO2. The number of carbonyl (C=O) groups excluding carboxylic acids is 2. The van der Waals surface area contributed by atoms with Crippen molar-refractivity contribution in [3.8, 4) is 0 Å². The van der Waals surface area contributed by atoms with Crippen LogP contribution in [0.5, 0.6) is 0 Å². The van der Waals surface area contributed by atoms with Gasteiger partial charge in [0.25, 0.3) is 0 Å². The highest BCUT2D eigenvalue weighted by molar-refractivity contribution is 6.09. The van der Waals surface area contributed by atoms with E-state index in [2.05, 4.69) is 12.1 Å². The van der Waals surface area contributed by atoms with Crippen molar-refractivity contribution in [1.29, 1.82) is 0 Å². The van der Waals surface area contributed by atoms with Crippen LogP contribution in [-0.2, 0) is 4.79 Å². The number of ketones is 1. The molecule has 110 valence electrons. The number of para-hydroxylation sites is 1. The van der Waals surface area contributed by atoms with Crippen molar-refractivity contribution in [3.05, 3.63) is 65.7 Å². The standard InChI is InChI=1S/C19H17NO2/c21-18-10-11-20(17-9-5-4-8-14(17)18)19(22)16-12-15(16)13-6-2-1-3-7-13/h1-9,15-16H,10-12H2. The summed E-state index contributed by atoms with van der Waals surface area (Å²) < 4.78 is 0. The van der Waals surface area contributed by atoms with Gasteiger partial charge in [-0.15, -0.1) is 0 Å². The number of benzene rings is 2. The van der Waals surface area contributed by atoms with Crippen molar-refractivity contribution < 1.29 is 9.59 Å². The summed E-state index contributed by atoms with van der Waals surface area (Å²) in [6, 6.07) is 17.7. The van der Waals surface area contributed by atoms with Crippen molar-refractivity contribution in [2.24, 2.45) is 5.92 Å². The van der Waals surface area contributed by atoms with Gasteiger partial charge in [0.2, 0.25) is 5.91 Å². The molecule has 1 saturated carbocycles. The normalized spacial score (nSPS) is 23.1. The highest BCUT2D eigenvalue weighted by Gasteiger charge is 2.46. The van der Waals surface area contributed by atoms with Crippen LogP contribution in [0.15, 0.2) is 54.6 Å². The van der Waals surface area contributed by atoms with Crippen molar-refractivity contribution >= 4 is 17.4 Å². The molecule has 2 atom stereocenters. The maximum absolute atomic E-state index is 12.8. The molecule has 0 radical (unpaired) electrons. The molecule has 2 aromatic carbocycles. The Morgan fingerprint density at radius 1 is 1.00 bits per heavy atom. The first-order valence-electron chi connectivity index (χ1n) is 7.74. The Morgan fingerprint density at radius 2 is 1.73 bits per heavy atom. The van der Waals surface area contributed by atoms with Crippen LogP contribution in [0.25, 0.3) is 0 Å². The Hall–Kier alpha value is -2.42. The average molecular weight is 291 g/mol. The largest absolute Gasteiger partial charge is 0.311 e. The molecule has 2 unspecified atom stereocenters. The van der Waals surface area contributed by atoms with E-state index in [4.69, 9.17) is 0 Å². The summed E-state index contributed by atoms with van der Waals surface area (Å²) in [5, 5.41) is 0. The van der Waals surface area contributed by atoms with Crippen LogP contribution in [0, 0.1) is 5.92 Å². The number of amides is 1. The summed E-state index contributed by atoms with van der Waals surface area (Å²) in [5.74, 6) is 0.686. The highest BCUT2D eigenvalue weighted by Crippen LogP contribution is 2.49. The topological polar surface area (TPSA) is 37.4 Å². The Labute approximate surface area is 129 Å². The summed E-state index contributed by atoms with van der Waals surface area (Å²) >= 11 is 0. The summed E-state index contributed by atoms with van der Waals surface area (Å²) in [6.45, 7) is 0.507. The van der Waals surface area contributed by atoms with E-state index in [1.165, 1.54) is 5.56 Å². The minimum Gasteiger partial charge on any atom is -0.311 e. The van der Waals surface area contributed by atoms with Crippen LogP contribution in [0.2, 0.25) is 0 Å². The number of rotatable bonds is 2. The van der Waals surface area contributed by atoms with E-state index in [0.717, 1.165) is 12.1 Å². The molecule has 4 rings (SSSR count). The minimum atomic E-state index is 0.0589. The van der Waals surface area contributed by atoms with Crippen LogP contribution in [-0.4, -0.2) is 18.2 Å². The van der Waals surface area contributed by atoms with Gasteiger partial charge in [-0.1, -0.05) is 42.5 Å². The van der Waals surface area contributed by atoms with Gasteiger partial charge >= 0.3 is 0 Å². The number of anilines is 1. The van der Waals surface area contributed by atoms with E-state index in [1.54, 1.807) is 0 Å². The Bertz CT molecular complexity index is 738. The van der Waals surface area contributed by atoms with Gasteiger partial charge in [0, 0.05) is 24.4 Å². The van der Waals surface area contributed by atoms with E-state index in [-0.39, 0.29) is 17.6 Å². The molecule has 2 aromatic rings. The summed E-state index contributed by atoms with van der Waals surface area (Å²) in [5.41, 5.74) is 2.70. The molecule has 2 aliphatic rings. The lowest BCUT2D eigenvalue weighted by Gasteiger charge is -2.29. The Balaban J connectivity index is 1.58. The molecular weight excluding hydrogens is 274 g/mol. The fourth-order valence-electron chi connectivity index (χ4n) is 3.38. The molecule has 3 nitrogen and oxygen atoms in total. The number of fused-ring (bicyclic) bond motifs is 1. The molecule has 0 spiro atoms. The second kappa shape index (κ2) is 5.09. The molecule has 0 saturated heterocycles. The third-order valence-electron chi connectivity index (χ3n) is 4.66. The van der Waals surface area contributed by atoms with Crippen LogP contribution >= 0.6 is 0 Å². The zero-order chi connectivity index (χ0) is 15.1. The number of hydrogen-bond donors (Lipinski definition) is 0. The summed E-state index contributed by atoms with van der Waals surface area (Å²) in [7, 11) is 0. The van der Waals surface area contributed by atoms with Crippen LogP contribution < -0.4 is 4.90 Å². The first kappa shape index (κ1) is 13.3. The maximum Gasteiger partial charge on any atom is 0.230 e. The molecule has 3 heteroatoms. The lowest BCUT2D eigenvalue weighted by atomic mass is 9.99. The average Bonchev–Trinajstić information content (AvgIpc) is 3.36. The minimum absolute atomic E-state index is 0.0589. The lowest BCUT2D eigenvalue weighted by molar-refractivity contribution is -0.119. The third kappa shape index (κ3) is 2.13. The number of Topliss-reactive ketones (excluding diaryl/α,β-unsaturated/α-hetero) is 1. The smallest absolute Gasteiger partial charge is 0.230 e. The molecule has 1 heterocycles. The van der Waals surface area contributed by atoms with Crippen molar-refractivity contribution in [2.75, 3.05) is 11.4 Å². The van der Waals surface area contributed by atoms with Gasteiger partial charge in [0.05, 0.1) is 5.69 Å². The van der Waals surface area contributed by atoms with Crippen molar-refractivity contribution in [3.63, 3.8) is 0 Å². The monoisotopic (exact) mass is 291 g/mol. The van der Waals surface area contributed by atoms with Gasteiger partial charge in [-0.05, 0) is 30.0 Å². The molecule has 0 N–H and O–H groups in total. The fourth-order valence-corrected chi connectivity index (χ4v) is 3.38.